The van der Waals surface area contributed by atoms with Crippen LogP contribution in [0.25, 0.3) is 0 Å². The Morgan fingerprint density at radius 1 is 0.684 bits per heavy atom. The second-order valence-electron chi connectivity index (χ2n) is 6.68. The van der Waals surface area contributed by atoms with Crippen LogP contribution in [0.15, 0.2) is 0 Å². The average molecular weight is 285 g/mol. The molecule has 0 bridgehead atoms. The summed E-state index contributed by atoms with van der Waals surface area (Å²) in [5.74, 6) is 1.13. The Bertz CT molecular complexity index is 186. The lowest BCUT2D eigenvalue weighted by molar-refractivity contribution is 0.380. The second-order valence-corrected chi connectivity index (χ2v) is 11.9. The molecule has 0 atom stereocenters. The van der Waals surface area contributed by atoms with Gasteiger partial charge in [-0.1, -0.05) is 105 Å². The standard InChI is InChI=1S/C14H28Si.2C2H6/c1-15(2,14-10-6-7-11-14)12-13-8-4-3-5-9-13;2*1-2/h13-14H,3-12H2,1-2H3;2*1-2H3. The Morgan fingerprint density at radius 2 is 1.11 bits per heavy atom. The molecular weight excluding hydrogens is 244 g/mol. The molecule has 0 aliphatic heterocycles. The summed E-state index contributed by atoms with van der Waals surface area (Å²) < 4.78 is 0. The SMILES string of the molecule is CC.CC.C[Si](C)(CC1CCCCC1)C1CCCC1. The van der Waals surface area contributed by atoms with Gasteiger partial charge in [0.15, 0.2) is 0 Å². The van der Waals surface area contributed by atoms with Crippen molar-refractivity contribution in [3.63, 3.8) is 0 Å². The van der Waals surface area contributed by atoms with E-state index in [-0.39, 0.29) is 0 Å². The Balaban J connectivity index is 0.000000741. The van der Waals surface area contributed by atoms with Crippen LogP contribution in [0.4, 0.5) is 0 Å². The predicted octanol–water partition coefficient (Wildman–Crippen LogP) is 7.27. The first-order valence-electron chi connectivity index (χ1n) is 9.18. The van der Waals surface area contributed by atoms with E-state index in [1.165, 1.54) is 37.6 Å². The molecule has 0 aromatic heterocycles. The summed E-state index contributed by atoms with van der Waals surface area (Å²) in [4.78, 5) is 0. The molecule has 19 heavy (non-hydrogen) atoms. The van der Waals surface area contributed by atoms with Crippen LogP contribution < -0.4 is 0 Å². The third-order valence-corrected chi connectivity index (χ3v) is 9.42. The zero-order chi connectivity index (χ0) is 14.7. The first-order valence-corrected chi connectivity index (χ1v) is 12.5. The Morgan fingerprint density at radius 3 is 1.58 bits per heavy atom. The summed E-state index contributed by atoms with van der Waals surface area (Å²) in [6.07, 6.45) is 13.9. The van der Waals surface area contributed by atoms with Gasteiger partial charge in [-0.3, -0.25) is 0 Å². The second kappa shape index (κ2) is 10.9. The van der Waals surface area contributed by atoms with Gasteiger partial charge in [0.2, 0.25) is 0 Å². The van der Waals surface area contributed by atoms with E-state index in [9.17, 15) is 0 Å². The Labute approximate surface area is 124 Å². The number of hydrogen-bond acceptors (Lipinski definition) is 0. The molecule has 116 valence electrons. The van der Waals surface area contributed by atoms with Gasteiger partial charge in [-0.05, 0) is 11.5 Å². The molecular formula is C18H40Si. The fourth-order valence-electron chi connectivity index (χ4n) is 4.01. The summed E-state index contributed by atoms with van der Waals surface area (Å²) in [6.45, 7) is 13.4. The highest BCUT2D eigenvalue weighted by atomic mass is 28.3. The van der Waals surface area contributed by atoms with Gasteiger partial charge in [0.25, 0.3) is 0 Å². The van der Waals surface area contributed by atoms with E-state index in [4.69, 9.17) is 0 Å². The maximum atomic E-state index is 2.68. The van der Waals surface area contributed by atoms with E-state index in [0.717, 1.165) is 5.92 Å². The Kier molecular flexibility index (Phi) is 11.1. The topological polar surface area (TPSA) is 0 Å². The normalized spacial score (nSPS) is 21.2. The van der Waals surface area contributed by atoms with Crippen LogP contribution in [0.2, 0.25) is 24.7 Å². The van der Waals surface area contributed by atoms with Crippen molar-refractivity contribution in [2.75, 3.05) is 0 Å². The van der Waals surface area contributed by atoms with Gasteiger partial charge in [0.1, 0.15) is 0 Å². The third kappa shape index (κ3) is 6.97. The van der Waals surface area contributed by atoms with Crippen molar-refractivity contribution in [3.05, 3.63) is 0 Å². The van der Waals surface area contributed by atoms with Crippen LogP contribution in [-0.2, 0) is 0 Å². The lowest BCUT2D eigenvalue weighted by Crippen LogP contribution is -2.34. The molecule has 0 heterocycles. The van der Waals surface area contributed by atoms with E-state index in [0.29, 0.717) is 0 Å². The van der Waals surface area contributed by atoms with Crippen LogP contribution in [0.1, 0.15) is 85.5 Å². The van der Waals surface area contributed by atoms with E-state index in [1.54, 1.807) is 31.7 Å². The minimum absolute atomic E-state index is 0.858. The quantitative estimate of drug-likeness (QED) is 0.478. The van der Waals surface area contributed by atoms with Gasteiger partial charge in [-0.2, -0.15) is 0 Å². The maximum absolute atomic E-state index is 2.68. The van der Waals surface area contributed by atoms with E-state index in [2.05, 4.69) is 13.1 Å². The first kappa shape index (κ1) is 19.2. The summed E-state index contributed by atoms with van der Waals surface area (Å²) in [5, 5.41) is 0. The molecule has 0 aromatic carbocycles. The first-order chi connectivity index (χ1) is 9.18. The van der Waals surface area contributed by atoms with Gasteiger partial charge in [0, 0.05) is 0 Å². The predicted molar refractivity (Wildman–Crippen MR) is 93.8 cm³/mol. The van der Waals surface area contributed by atoms with Crippen molar-refractivity contribution in [1.82, 2.24) is 0 Å². The third-order valence-electron chi connectivity index (χ3n) is 5.00. The summed E-state index contributed by atoms with van der Waals surface area (Å²) in [5.41, 5.74) is 1.18. The van der Waals surface area contributed by atoms with Gasteiger partial charge in [-0.25, -0.2) is 0 Å². The van der Waals surface area contributed by atoms with Crippen LogP contribution in [-0.4, -0.2) is 8.07 Å². The minimum Gasteiger partial charge on any atom is -0.0691 e. The van der Waals surface area contributed by atoms with Gasteiger partial charge < -0.3 is 0 Å². The molecule has 0 aromatic rings. The molecule has 2 rings (SSSR count). The van der Waals surface area contributed by atoms with E-state index in [1.807, 2.05) is 27.7 Å². The van der Waals surface area contributed by atoms with Gasteiger partial charge in [-0.15, -0.1) is 0 Å². The molecule has 0 radical (unpaired) electrons. The Hall–Kier alpha value is 0.217. The highest BCUT2D eigenvalue weighted by Gasteiger charge is 2.35. The van der Waals surface area contributed by atoms with Crippen molar-refractivity contribution in [2.24, 2.45) is 5.92 Å². The zero-order valence-electron chi connectivity index (χ0n) is 14.7. The molecule has 2 aliphatic rings. The molecule has 2 fully saturated rings. The lowest BCUT2D eigenvalue weighted by Gasteiger charge is -2.35. The summed E-state index contributed by atoms with van der Waals surface area (Å²) in [7, 11) is -0.858. The average Bonchev–Trinajstić information content (AvgIpc) is 2.99. The minimum atomic E-state index is -0.858. The fourth-order valence-corrected chi connectivity index (χ4v) is 8.21. The summed E-state index contributed by atoms with van der Waals surface area (Å²) in [6, 6.07) is 1.65. The number of hydrogen-bond donors (Lipinski definition) is 0. The van der Waals surface area contributed by atoms with Crippen molar-refractivity contribution in [1.29, 1.82) is 0 Å². The molecule has 0 spiro atoms. The molecule has 0 N–H and O–H groups in total. The van der Waals surface area contributed by atoms with Crippen molar-refractivity contribution in [2.45, 2.75) is 110 Å². The molecule has 0 saturated heterocycles. The monoisotopic (exact) mass is 284 g/mol. The van der Waals surface area contributed by atoms with Crippen molar-refractivity contribution < 1.29 is 0 Å². The van der Waals surface area contributed by atoms with Crippen LogP contribution in [0, 0.1) is 5.92 Å². The molecule has 2 aliphatic carbocycles. The van der Waals surface area contributed by atoms with Crippen molar-refractivity contribution >= 4 is 8.07 Å². The zero-order valence-corrected chi connectivity index (χ0v) is 15.7. The molecule has 2 saturated carbocycles. The number of rotatable bonds is 3. The maximum Gasteiger partial charge on any atom is 0.0507 e. The molecule has 0 unspecified atom stereocenters. The summed E-state index contributed by atoms with van der Waals surface area (Å²) >= 11 is 0. The highest BCUT2D eigenvalue weighted by molar-refractivity contribution is 6.78. The van der Waals surface area contributed by atoms with Crippen LogP contribution in [0.5, 0.6) is 0 Å². The molecule has 1 heteroatoms. The van der Waals surface area contributed by atoms with Gasteiger partial charge in [0.05, 0.1) is 8.07 Å². The fraction of sp³-hybridized carbons (Fsp3) is 1.00. The van der Waals surface area contributed by atoms with Crippen LogP contribution in [0.3, 0.4) is 0 Å². The lowest BCUT2D eigenvalue weighted by atomic mass is 9.91. The highest BCUT2D eigenvalue weighted by Crippen LogP contribution is 2.43. The van der Waals surface area contributed by atoms with Crippen molar-refractivity contribution in [3.8, 4) is 0 Å². The largest absolute Gasteiger partial charge is 0.0691 e. The smallest absolute Gasteiger partial charge is 0.0507 e. The van der Waals surface area contributed by atoms with Gasteiger partial charge >= 0.3 is 0 Å². The molecule has 0 nitrogen and oxygen atoms in total. The van der Waals surface area contributed by atoms with E-state index >= 15 is 0 Å². The van der Waals surface area contributed by atoms with Crippen LogP contribution >= 0.6 is 0 Å². The molecule has 0 amide bonds. The van der Waals surface area contributed by atoms with E-state index < -0.39 is 8.07 Å².